The van der Waals surface area contributed by atoms with Gasteiger partial charge in [0.25, 0.3) is 10.2 Å². The maximum atomic E-state index is 13.0. The molecular weight excluding hydrogens is 357 g/mol. The van der Waals surface area contributed by atoms with Crippen molar-refractivity contribution in [2.45, 2.75) is 25.3 Å². The second-order valence-electron chi connectivity index (χ2n) is 5.85. The first-order valence-corrected chi connectivity index (χ1v) is 9.59. The Labute approximate surface area is 149 Å². The molecule has 1 N–H and O–H groups in total. The van der Waals surface area contributed by atoms with Crippen molar-refractivity contribution >= 4 is 34.2 Å². The topological polar surface area (TPSA) is 52.7 Å². The summed E-state index contributed by atoms with van der Waals surface area (Å²) in [5, 5.41) is 3.93. The third-order valence-electron chi connectivity index (χ3n) is 4.37. The molecule has 0 amide bonds. The van der Waals surface area contributed by atoms with Gasteiger partial charge in [0.1, 0.15) is 0 Å². The van der Waals surface area contributed by atoms with Crippen LogP contribution < -0.4 is 5.32 Å². The van der Waals surface area contributed by atoms with Gasteiger partial charge in [-0.1, -0.05) is 30.2 Å². The van der Waals surface area contributed by atoms with Crippen molar-refractivity contribution in [2.24, 2.45) is 0 Å². The fourth-order valence-electron chi connectivity index (χ4n) is 3.20. The second kappa shape index (κ2) is 8.14. The van der Waals surface area contributed by atoms with E-state index < -0.39 is 10.2 Å². The van der Waals surface area contributed by atoms with Crippen LogP contribution in [0.2, 0.25) is 5.02 Å². The van der Waals surface area contributed by atoms with E-state index in [4.69, 9.17) is 11.6 Å². The number of benzene rings is 1. The number of piperidine rings is 1. The van der Waals surface area contributed by atoms with E-state index in [-0.39, 0.29) is 18.4 Å². The zero-order chi connectivity index (χ0) is 15.6. The van der Waals surface area contributed by atoms with Crippen molar-refractivity contribution in [3.63, 3.8) is 0 Å². The summed E-state index contributed by atoms with van der Waals surface area (Å²) in [5.74, 6) is 0. The number of piperazine rings is 1. The van der Waals surface area contributed by atoms with Gasteiger partial charge in [-0.25, -0.2) is 0 Å². The highest BCUT2D eigenvalue weighted by Gasteiger charge is 2.37. The quantitative estimate of drug-likeness (QED) is 0.877. The van der Waals surface area contributed by atoms with Crippen molar-refractivity contribution in [1.82, 2.24) is 13.9 Å². The molecule has 0 saturated carbocycles. The van der Waals surface area contributed by atoms with Gasteiger partial charge in [-0.3, -0.25) is 0 Å². The Morgan fingerprint density at radius 2 is 1.87 bits per heavy atom. The number of hydrogen-bond acceptors (Lipinski definition) is 3. The van der Waals surface area contributed by atoms with Gasteiger partial charge in [0.2, 0.25) is 0 Å². The van der Waals surface area contributed by atoms with Gasteiger partial charge in [-0.2, -0.15) is 17.0 Å². The molecule has 2 heterocycles. The summed E-state index contributed by atoms with van der Waals surface area (Å²) in [6.45, 7) is 3.07. The average molecular weight is 380 g/mol. The number of nitrogens with zero attached hydrogens (tertiary/aromatic N) is 2. The van der Waals surface area contributed by atoms with Gasteiger partial charge in [0.15, 0.2) is 0 Å². The fourth-order valence-corrected chi connectivity index (χ4v) is 5.26. The summed E-state index contributed by atoms with van der Waals surface area (Å²) >= 11 is 6.08. The van der Waals surface area contributed by atoms with E-state index in [1.54, 1.807) is 8.61 Å². The molecule has 1 unspecified atom stereocenters. The van der Waals surface area contributed by atoms with E-state index in [1.807, 2.05) is 24.3 Å². The molecule has 0 aromatic heterocycles. The van der Waals surface area contributed by atoms with Gasteiger partial charge in [0, 0.05) is 37.7 Å². The minimum absolute atomic E-state index is 0. The zero-order valence-corrected chi connectivity index (χ0v) is 15.3. The highest BCUT2D eigenvalue weighted by molar-refractivity contribution is 7.86. The molecule has 23 heavy (non-hydrogen) atoms. The predicted molar refractivity (Wildman–Crippen MR) is 95.4 cm³/mol. The maximum Gasteiger partial charge on any atom is 0.282 e. The Kier molecular flexibility index (Phi) is 6.71. The molecule has 0 aliphatic carbocycles. The van der Waals surface area contributed by atoms with Gasteiger partial charge in [-0.05, 0) is 30.5 Å². The van der Waals surface area contributed by atoms with Crippen molar-refractivity contribution < 1.29 is 8.42 Å². The normalized spacial score (nSPS) is 24.1. The Bertz CT molecular complexity index is 621. The lowest BCUT2D eigenvalue weighted by molar-refractivity contribution is 0.237. The molecule has 1 atom stereocenters. The molecular formula is C15H23Cl2N3O2S. The van der Waals surface area contributed by atoms with Crippen LogP contribution >= 0.6 is 24.0 Å². The molecule has 0 radical (unpaired) electrons. The molecule has 130 valence electrons. The Morgan fingerprint density at radius 1 is 1.13 bits per heavy atom. The molecule has 2 aliphatic heterocycles. The zero-order valence-electron chi connectivity index (χ0n) is 12.9. The van der Waals surface area contributed by atoms with Gasteiger partial charge in [0.05, 0.1) is 6.04 Å². The molecule has 5 nitrogen and oxygen atoms in total. The summed E-state index contributed by atoms with van der Waals surface area (Å²) in [5.41, 5.74) is 0.945. The van der Waals surface area contributed by atoms with E-state index in [1.165, 1.54) is 0 Å². The van der Waals surface area contributed by atoms with Crippen LogP contribution in [0.5, 0.6) is 0 Å². The minimum atomic E-state index is -3.41. The molecule has 0 spiro atoms. The smallest absolute Gasteiger partial charge is 0.282 e. The van der Waals surface area contributed by atoms with E-state index in [0.717, 1.165) is 24.8 Å². The van der Waals surface area contributed by atoms with Crippen molar-refractivity contribution in [2.75, 3.05) is 32.7 Å². The minimum Gasteiger partial charge on any atom is -0.313 e. The number of hydrogen-bond donors (Lipinski definition) is 1. The average Bonchev–Trinajstić information content (AvgIpc) is 2.56. The highest BCUT2D eigenvalue weighted by atomic mass is 35.5. The maximum absolute atomic E-state index is 13.0. The molecule has 0 bridgehead atoms. The van der Waals surface area contributed by atoms with Gasteiger partial charge in [-0.15, -0.1) is 12.4 Å². The SMILES string of the molecule is Cl.O=S(=O)(N1CCCCC1)N1CCNCC1c1cccc(Cl)c1. The van der Waals surface area contributed by atoms with Gasteiger partial charge < -0.3 is 5.32 Å². The van der Waals surface area contributed by atoms with Crippen molar-refractivity contribution in [3.05, 3.63) is 34.9 Å². The highest BCUT2D eigenvalue weighted by Crippen LogP contribution is 2.29. The van der Waals surface area contributed by atoms with Crippen LogP contribution in [-0.2, 0) is 10.2 Å². The van der Waals surface area contributed by atoms with E-state index in [9.17, 15) is 8.42 Å². The van der Waals surface area contributed by atoms with Crippen molar-refractivity contribution in [1.29, 1.82) is 0 Å². The van der Waals surface area contributed by atoms with Gasteiger partial charge >= 0.3 is 0 Å². The molecule has 1 aromatic rings. The molecule has 2 aliphatic rings. The van der Waals surface area contributed by atoms with Crippen molar-refractivity contribution in [3.8, 4) is 0 Å². The summed E-state index contributed by atoms with van der Waals surface area (Å²) in [4.78, 5) is 0. The van der Waals surface area contributed by atoms with Crippen LogP contribution in [0.3, 0.4) is 0 Å². The first-order valence-electron chi connectivity index (χ1n) is 7.82. The molecule has 1 aromatic carbocycles. The predicted octanol–water partition coefficient (Wildman–Crippen LogP) is 2.44. The van der Waals surface area contributed by atoms with E-state index in [2.05, 4.69) is 5.32 Å². The van der Waals surface area contributed by atoms with Crippen LogP contribution in [0.15, 0.2) is 24.3 Å². The van der Waals surface area contributed by atoms with Crippen LogP contribution in [0, 0.1) is 0 Å². The van der Waals surface area contributed by atoms with E-state index in [0.29, 0.717) is 37.7 Å². The summed E-state index contributed by atoms with van der Waals surface area (Å²) in [6.07, 6.45) is 3.02. The van der Waals surface area contributed by atoms with Crippen LogP contribution in [-0.4, -0.2) is 49.8 Å². The summed E-state index contributed by atoms with van der Waals surface area (Å²) in [7, 11) is -3.41. The van der Waals surface area contributed by atoms with E-state index >= 15 is 0 Å². The Morgan fingerprint density at radius 3 is 2.57 bits per heavy atom. The number of rotatable bonds is 3. The van der Waals surface area contributed by atoms with Crippen LogP contribution in [0.25, 0.3) is 0 Å². The fraction of sp³-hybridized carbons (Fsp3) is 0.600. The summed E-state index contributed by atoms with van der Waals surface area (Å²) in [6, 6.07) is 7.29. The Hall–Kier alpha value is -0.370. The first-order chi connectivity index (χ1) is 10.6. The van der Waals surface area contributed by atoms with Crippen LogP contribution in [0.4, 0.5) is 0 Å². The molecule has 2 saturated heterocycles. The largest absolute Gasteiger partial charge is 0.313 e. The summed E-state index contributed by atoms with van der Waals surface area (Å²) < 4.78 is 29.3. The number of halogens is 2. The molecule has 8 heteroatoms. The second-order valence-corrected chi connectivity index (χ2v) is 8.17. The lowest BCUT2D eigenvalue weighted by Gasteiger charge is -2.39. The number of nitrogens with one attached hydrogen (secondary N) is 1. The molecule has 3 rings (SSSR count). The first kappa shape index (κ1) is 19.0. The standard InChI is InChI=1S/C15H22ClN3O2S.ClH/c16-14-6-4-5-13(11-14)15-12-17-7-10-19(15)22(20,21)18-8-2-1-3-9-18;/h4-6,11,15,17H,1-3,7-10,12H2;1H. The third-order valence-corrected chi connectivity index (χ3v) is 6.65. The monoisotopic (exact) mass is 379 g/mol. The Balaban J connectivity index is 0.00000192. The molecule has 2 fully saturated rings. The van der Waals surface area contributed by atoms with Crippen LogP contribution in [0.1, 0.15) is 30.9 Å². The lowest BCUT2D eigenvalue weighted by atomic mass is 10.1. The third kappa shape index (κ3) is 4.18. The lowest BCUT2D eigenvalue weighted by Crippen LogP contribution is -2.54.